The average molecular weight is 502 g/mol. The molecule has 0 saturated carbocycles. The first-order chi connectivity index (χ1) is 16.3. The highest BCUT2D eigenvalue weighted by atomic mass is 35.5. The van der Waals surface area contributed by atoms with E-state index in [1.54, 1.807) is 48.5 Å². The van der Waals surface area contributed by atoms with Crippen LogP contribution >= 0.6 is 23.2 Å². The lowest BCUT2D eigenvalue weighted by atomic mass is 9.95. The summed E-state index contributed by atoms with van der Waals surface area (Å²) in [6.07, 6.45) is 0.850. The molecule has 0 bridgehead atoms. The third-order valence-electron chi connectivity index (χ3n) is 5.28. The molecule has 8 heteroatoms. The van der Waals surface area contributed by atoms with Crippen molar-refractivity contribution in [3.05, 3.63) is 87.4 Å². The Hall–Kier alpha value is -3.22. The van der Waals surface area contributed by atoms with Crippen LogP contribution in [0.1, 0.15) is 34.8 Å². The van der Waals surface area contributed by atoms with E-state index >= 15 is 0 Å². The number of carboxylic acid groups (broad SMARTS) is 1. The molecule has 3 rings (SSSR count). The lowest BCUT2D eigenvalue weighted by molar-refractivity contribution is -0.141. The number of amides is 1. The van der Waals surface area contributed by atoms with Crippen molar-refractivity contribution in [1.82, 2.24) is 5.32 Å². The van der Waals surface area contributed by atoms with Gasteiger partial charge in [0.2, 0.25) is 0 Å². The smallest absolute Gasteiger partial charge is 0.306 e. The molecule has 0 heterocycles. The van der Waals surface area contributed by atoms with E-state index in [4.69, 9.17) is 32.7 Å². The molecule has 0 aliphatic carbocycles. The van der Waals surface area contributed by atoms with Gasteiger partial charge < -0.3 is 19.9 Å². The number of carbonyl (C=O) groups is 2. The first-order valence-corrected chi connectivity index (χ1v) is 11.5. The van der Waals surface area contributed by atoms with E-state index in [1.807, 2.05) is 19.1 Å². The van der Waals surface area contributed by atoms with Crippen molar-refractivity contribution in [2.45, 2.75) is 26.3 Å². The van der Waals surface area contributed by atoms with Crippen molar-refractivity contribution in [2.24, 2.45) is 5.92 Å². The summed E-state index contributed by atoms with van der Waals surface area (Å²) in [5.74, 6) is -0.113. The zero-order valence-electron chi connectivity index (χ0n) is 18.8. The Kier molecular flexibility index (Phi) is 8.79. The Bertz CT molecular complexity index is 1140. The standard InChI is InChI=1S/C26H25Cl2NO5/c1-3-18(26(31)32)10-17-6-9-24(33-2)23(11-17)25(30)29-15-16-4-7-21(8-5-16)34-22-13-19(27)12-20(28)14-22/h4-9,11-14,18H,3,10,15H2,1-2H3,(H,29,30)(H,31,32)/t18-/m0/s1. The molecule has 178 valence electrons. The number of rotatable bonds is 10. The molecule has 0 spiro atoms. The molecule has 0 unspecified atom stereocenters. The molecule has 3 aromatic carbocycles. The van der Waals surface area contributed by atoms with E-state index in [-0.39, 0.29) is 5.91 Å². The minimum atomic E-state index is -0.852. The Balaban J connectivity index is 1.65. The maximum Gasteiger partial charge on any atom is 0.306 e. The highest BCUT2D eigenvalue weighted by Crippen LogP contribution is 2.28. The molecule has 1 atom stereocenters. The second kappa shape index (κ2) is 11.8. The molecule has 0 aromatic heterocycles. The lowest BCUT2D eigenvalue weighted by Gasteiger charge is -2.14. The molecular weight excluding hydrogens is 477 g/mol. The summed E-state index contributed by atoms with van der Waals surface area (Å²) in [6.45, 7) is 2.12. The monoisotopic (exact) mass is 501 g/mol. The van der Waals surface area contributed by atoms with Crippen molar-refractivity contribution >= 4 is 35.1 Å². The highest BCUT2D eigenvalue weighted by molar-refractivity contribution is 6.34. The van der Waals surface area contributed by atoms with Crippen molar-refractivity contribution in [1.29, 1.82) is 0 Å². The topological polar surface area (TPSA) is 84.9 Å². The summed E-state index contributed by atoms with van der Waals surface area (Å²) < 4.78 is 11.1. The van der Waals surface area contributed by atoms with Gasteiger partial charge in [-0.1, -0.05) is 48.3 Å². The molecule has 0 aliphatic rings. The third-order valence-corrected chi connectivity index (χ3v) is 5.72. The number of ether oxygens (including phenoxy) is 2. The molecule has 2 N–H and O–H groups in total. The lowest BCUT2D eigenvalue weighted by Crippen LogP contribution is -2.24. The Morgan fingerprint density at radius 3 is 2.18 bits per heavy atom. The van der Waals surface area contributed by atoms with Gasteiger partial charge in [0, 0.05) is 16.6 Å². The van der Waals surface area contributed by atoms with E-state index in [1.165, 1.54) is 7.11 Å². The van der Waals surface area contributed by atoms with Crippen LogP contribution in [0.5, 0.6) is 17.2 Å². The van der Waals surface area contributed by atoms with Crippen molar-refractivity contribution in [3.63, 3.8) is 0 Å². The molecule has 0 radical (unpaired) electrons. The number of aliphatic carboxylic acids is 1. The second-order valence-electron chi connectivity index (χ2n) is 7.72. The summed E-state index contributed by atoms with van der Waals surface area (Å²) in [5.41, 5.74) is 2.00. The number of methoxy groups -OCH3 is 1. The van der Waals surface area contributed by atoms with Gasteiger partial charge in [-0.05, 0) is 66.4 Å². The first kappa shape index (κ1) is 25.4. The molecule has 0 aliphatic heterocycles. The summed E-state index contributed by atoms with van der Waals surface area (Å²) in [5, 5.41) is 13.2. The molecular formula is C26H25Cl2NO5. The van der Waals surface area contributed by atoms with Gasteiger partial charge in [-0.2, -0.15) is 0 Å². The van der Waals surface area contributed by atoms with E-state index < -0.39 is 11.9 Å². The molecule has 3 aromatic rings. The van der Waals surface area contributed by atoms with Gasteiger partial charge in [0.15, 0.2) is 0 Å². The van der Waals surface area contributed by atoms with Gasteiger partial charge >= 0.3 is 5.97 Å². The van der Waals surface area contributed by atoms with E-state index in [0.29, 0.717) is 52.2 Å². The maximum atomic E-state index is 12.9. The van der Waals surface area contributed by atoms with E-state index in [0.717, 1.165) is 11.1 Å². The van der Waals surface area contributed by atoms with E-state index in [2.05, 4.69) is 5.32 Å². The first-order valence-electron chi connectivity index (χ1n) is 10.7. The van der Waals surface area contributed by atoms with Gasteiger partial charge in [0.05, 0.1) is 18.6 Å². The van der Waals surface area contributed by atoms with Gasteiger partial charge in [-0.25, -0.2) is 0 Å². The Labute approximate surface area is 208 Å². The van der Waals surface area contributed by atoms with Crippen molar-refractivity contribution in [3.8, 4) is 17.2 Å². The predicted molar refractivity (Wildman–Crippen MR) is 132 cm³/mol. The maximum absolute atomic E-state index is 12.9. The fourth-order valence-corrected chi connectivity index (χ4v) is 3.93. The van der Waals surface area contributed by atoms with Crippen LogP contribution in [0, 0.1) is 5.92 Å². The minimum Gasteiger partial charge on any atom is -0.496 e. The zero-order valence-corrected chi connectivity index (χ0v) is 20.3. The number of nitrogens with one attached hydrogen (secondary N) is 1. The van der Waals surface area contributed by atoms with Crippen LogP contribution in [-0.2, 0) is 17.8 Å². The van der Waals surface area contributed by atoms with Gasteiger partial charge in [0.25, 0.3) is 5.91 Å². The Morgan fingerprint density at radius 2 is 1.59 bits per heavy atom. The average Bonchev–Trinajstić information content (AvgIpc) is 2.81. The summed E-state index contributed by atoms with van der Waals surface area (Å²) >= 11 is 12.0. The van der Waals surface area contributed by atoms with Crippen LogP contribution in [0.4, 0.5) is 0 Å². The number of carboxylic acids is 1. The van der Waals surface area contributed by atoms with Crippen LogP contribution in [-0.4, -0.2) is 24.1 Å². The number of halogens is 2. The number of carbonyl (C=O) groups excluding carboxylic acids is 1. The fourth-order valence-electron chi connectivity index (χ4n) is 3.43. The quantitative estimate of drug-likeness (QED) is 0.336. The molecule has 1 amide bonds. The van der Waals surface area contributed by atoms with Crippen molar-refractivity contribution in [2.75, 3.05) is 7.11 Å². The molecule has 0 fully saturated rings. The zero-order chi connectivity index (χ0) is 24.7. The summed E-state index contributed by atoms with van der Waals surface area (Å²) in [4.78, 5) is 24.2. The van der Waals surface area contributed by atoms with Crippen LogP contribution in [0.2, 0.25) is 10.0 Å². The predicted octanol–water partition coefficient (Wildman–Crippen LogP) is 6.38. The largest absolute Gasteiger partial charge is 0.496 e. The number of benzene rings is 3. The van der Waals surface area contributed by atoms with Crippen LogP contribution in [0.25, 0.3) is 0 Å². The van der Waals surface area contributed by atoms with Crippen LogP contribution < -0.4 is 14.8 Å². The van der Waals surface area contributed by atoms with Crippen LogP contribution in [0.15, 0.2) is 60.7 Å². The summed E-state index contributed by atoms with van der Waals surface area (Å²) in [7, 11) is 1.49. The number of hydrogen-bond donors (Lipinski definition) is 2. The third kappa shape index (κ3) is 6.89. The molecule has 0 saturated heterocycles. The SMILES string of the molecule is CC[C@@H](Cc1ccc(OC)c(C(=O)NCc2ccc(Oc3cc(Cl)cc(Cl)c3)cc2)c1)C(=O)O. The van der Waals surface area contributed by atoms with Gasteiger partial charge in [-0.3, -0.25) is 9.59 Å². The number of hydrogen-bond acceptors (Lipinski definition) is 4. The van der Waals surface area contributed by atoms with E-state index in [9.17, 15) is 14.7 Å². The van der Waals surface area contributed by atoms with Crippen molar-refractivity contribution < 1.29 is 24.2 Å². The molecule has 34 heavy (non-hydrogen) atoms. The second-order valence-corrected chi connectivity index (χ2v) is 8.59. The normalized spacial score (nSPS) is 11.5. The Morgan fingerprint density at radius 1 is 0.941 bits per heavy atom. The van der Waals surface area contributed by atoms with Gasteiger partial charge in [-0.15, -0.1) is 0 Å². The highest BCUT2D eigenvalue weighted by Gasteiger charge is 2.18. The van der Waals surface area contributed by atoms with Gasteiger partial charge in [0.1, 0.15) is 17.2 Å². The van der Waals surface area contributed by atoms with Crippen LogP contribution in [0.3, 0.4) is 0 Å². The minimum absolute atomic E-state index is 0.294. The fraction of sp³-hybridized carbons (Fsp3) is 0.231. The summed E-state index contributed by atoms with van der Waals surface area (Å²) in [6, 6.07) is 17.4. The molecule has 6 nitrogen and oxygen atoms in total.